The second-order valence-electron chi connectivity index (χ2n) is 4.28. The second kappa shape index (κ2) is 63.7. The van der Waals surface area contributed by atoms with Gasteiger partial charge in [-0.2, -0.15) is 65.4 Å². The molecule has 0 aliphatic carbocycles. The first-order chi connectivity index (χ1) is 12.1. The summed E-state index contributed by atoms with van der Waals surface area (Å²) in [6, 6.07) is 0. The van der Waals surface area contributed by atoms with E-state index >= 15 is 0 Å². The Kier molecular flexibility index (Phi) is 100. The van der Waals surface area contributed by atoms with Gasteiger partial charge in [-0.1, -0.05) is 69.2 Å². The Morgan fingerprint density at radius 1 is 0.269 bits per heavy atom. The SMILES string of the molecule is CC[N-]CC.CC[N-]CC.CC[N-]CC.CC[N-]CC.CC[N-]CC.[Ti]. The molecule has 0 fully saturated rings. The monoisotopic (exact) mass is 408 g/mol. The average Bonchev–Trinajstić information content (AvgIpc) is 2.61. The molecule has 0 heterocycles. The molecule has 0 unspecified atom stereocenters. The quantitative estimate of drug-likeness (QED) is 0.349. The maximum Gasteiger partial charge on any atom is 0 e. The van der Waals surface area contributed by atoms with Crippen LogP contribution < -0.4 is 0 Å². The molecule has 164 valence electrons. The summed E-state index contributed by atoms with van der Waals surface area (Å²) in [6.45, 7) is 30.1. The van der Waals surface area contributed by atoms with Crippen molar-refractivity contribution in [1.29, 1.82) is 0 Å². The number of hydrogen-bond acceptors (Lipinski definition) is 0. The van der Waals surface area contributed by atoms with Crippen molar-refractivity contribution < 1.29 is 21.7 Å². The molecular formula is C20H50N5Ti-5. The van der Waals surface area contributed by atoms with E-state index in [-0.39, 0.29) is 21.7 Å². The Hall–Kier alpha value is 0.514. The van der Waals surface area contributed by atoms with Gasteiger partial charge >= 0.3 is 0 Å². The van der Waals surface area contributed by atoms with E-state index in [1.807, 2.05) is 69.2 Å². The van der Waals surface area contributed by atoms with E-state index in [1.54, 1.807) is 0 Å². The van der Waals surface area contributed by atoms with Gasteiger partial charge in [-0.3, -0.25) is 0 Å². The minimum atomic E-state index is 0. The first kappa shape index (κ1) is 41.0. The van der Waals surface area contributed by atoms with Crippen molar-refractivity contribution in [2.24, 2.45) is 0 Å². The van der Waals surface area contributed by atoms with Crippen LogP contribution in [0.25, 0.3) is 26.6 Å². The Bertz CT molecular complexity index is 96.5. The van der Waals surface area contributed by atoms with Crippen LogP contribution in [-0.2, 0) is 21.7 Å². The van der Waals surface area contributed by atoms with Crippen molar-refractivity contribution in [2.45, 2.75) is 69.2 Å². The van der Waals surface area contributed by atoms with Crippen molar-refractivity contribution in [3.8, 4) is 0 Å². The molecule has 5 nitrogen and oxygen atoms in total. The van der Waals surface area contributed by atoms with Crippen LogP contribution in [0.15, 0.2) is 0 Å². The van der Waals surface area contributed by atoms with Gasteiger partial charge in [-0.25, -0.2) is 0 Å². The molecule has 0 saturated carbocycles. The first-order valence-corrected chi connectivity index (χ1v) is 10.2. The van der Waals surface area contributed by atoms with Gasteiger partial charge in [-0.15, -0.1) is 0 Å². The van der Waals surface area contributed by atoms with E-state index in [4.69, 9.17) is 0 Å². The topological polar surface area (TPSA) is 70.5 Å². The van der Waals surface area contributed by atoms with Crippen molar-refractivity contribution in [3.63, 3.8) is 0 Å². The summed E-state index contributed by atoms with van der Waals surface area (Å²) in [5, 5.41) is 19.9. The van der Waals surface area contributed by atoms with E-state index in [0.717, 1.165) is 65.4 Å². The third-order valence-electron chi connectivity index (χ3n) is 2.24. The maximum absolute atomic E-state index is 3.97. The predicted octanol–water partition coefficient (Wildman–Crippen LogP) is 7.00. The Labute approximate surface area is 182 Å². The van der Waals surface area contributed by atoms with Crippen molar-refractivity contribution in [2.75, 3.05) is 65.4 Å². The summed E-state index contributed by atoms with van der Waals surface area (Å²) in [7, 11) is 0. The summed E-state index contributed by atoms with van der Waals surface area (Å²) < 4.78 is 0. The molecule has 0 saturated heterocycles. The average molecular weight is 409 g/mol. The van der Waals surface area contributed by atoms with Gasteiger partial charge in [0.05, 0.1) is 0 Å². The van der Waals surface area contributed by atoms with E-state index in [0.29, 0.717) is 0 Å². The molecule has 0 rings (SSSR count). The summed E-state index contributed by atoms with van der Waals surface area (Å²) in [4.78, 5) is 0. The molecule has 0 aromatic carbocycles. The van der Waals surface area contributed by atoms with Gasteiger partial charge in [0.25, 0.3) is 0 Å². The van der Waals surface area contributed by atoms with Crippen LogP contribution in [0.3, 0.4) is 0 Å². The van der Waals surface area contributed by atoms with Gasteiger partial charge in [0, 0.05) is 21.7 Å². The fourth-order valence-corrected chi connectivity index (χ4v) is 1.12. The van der Waals surface area contributed by atoms with Crippen molar-refractivity contribution in [1.82, 2.24) is 0 Å². The number of rotatable bonds is 10. The largest absolute Gasteiger partial charge is 0.663 e. The zero-order valence-corrected chi connectivity index (χ0v) is 21.4. The second-order valence-corrected chi connectivity index (χ2v) is 4.28. The van der Waals surface area contributed by atoms with Crippen LogP contribution in [0, 0.1) is 0 Å². The summed E-state index contributed by atoms with van der Waals surface area (Å²) in [6.07, 6.45) is 0. The third-order valence-corrected chi connectivity index (χ3v) is 2.24. The van der Waals surface area contributed by atoms with Crippen LogP contribution in [0.4, 0.5) is 0 Å². The van der Waals surface area contributed by atoms with E-state index in [9.17, 15) is 0 Å². The van der Waals surface area contributed by atoms with Crippen molar-refractivity contribution in [3.05, 3.63) is 26.6 Å². The standard InChI is InChI=1S/5C4H10N.Ti/c5*1-3-5-4-2;/h5*3-4H2,1-2H3;/q5*-1;. The number of nitrogens with zero attached hydrogens (tertiary/aromatic N) is 5. The maximum atomic E-state index is 3.97. The van der Waals surface area contributed by atoms with E-state index < -0.39 is 0 Å². The van der Waals surface area contributed by atoms with Crippen LogP contribution in [0.2, 0.25) is 0 Å². The summed E-state index contributed by atoms with van der Waals surface area (Å²) in [5.41, 5.74) is 0. The van der Waals surface area contributed by atoms with Gasteiger partial charge in [0.15, 0.2) is 0 Å². The molecule has 0 atom stereocenters. The zero-order valence-electron chi connectivity index (χ0n) is 19.8. The Morgan fingerprint density at radius 3 is 0.346 bits per heavy atom. The smallest absolute Gasteiger partial charge is 0 e. The van der Waals surface area contributed by atoms with Crippen LogP contribution in [0.1, 0.15) is 69.2 Å². The molecule has 0 bridgehead atoms. The molecule has 0 aliphatic heterocycles. The Morgan fingerprint density at radius 2 is 0.346 bits per heavy atom. The molecule has 0 radical (unpaired) electrons. The molecule has 0 aromatic heterocycles. The van der Waals surface area contributed by atoms with E-state index in [2.05, 4.69) is 26.6 Å². The molecule has 0 aliphatic rings. The molecule has 0 spiro atoms. The molecule has 0 amide bonds. The van der Waals surface area contributed by atoms with Gasteiger partial charge in [-0.05, 0) is 0 Å². The number of hydrogen-bond donors (Lipinski definition) is 0. The summed E-state index contributed by atoms with van der Waals surface area (Å²) >= 11 is 0. The molecule has 0 aromatic rings. The van der Waals surface area contributed by atoms with Crippen LogP contribution in [0.5, 0.6) is 0 Å². The third kappa shape index (κ3) is 123. The first-order valence-electron chi connectivity index (χ1n) is 10.2. The van der Waals surface area contributed by atoms with Gasteiger partial charge in [0.2, 0.25) is 0 Å². The Balaban J connectivity index is -0.0000000476. The van der Waals surface area contributed by atoms with Gasteiger partial charge < -0.3 is 26.6 Å². The van der Waals surface area contributed by atoms with E-state index in [1.165, 1.54) is 0 Å². The zero-order chi connectivity index (χ0) is 20.6. The molecule has 26 heavy (non-hydrogen) atoms. The minimum absolute atomic E-state index is 0. The molecule has 0 N–H and O–H groups in total. The van der Waals surface area contributed by atoms with Crippen molar-refractivity contribution >= 4 is 0 Å². The fourth-order valence-electron chi connectivity index (χ4n) is 1.12. The fraction of sp³-hybridized carbons (Fsp3) is 1.00. The predicted molar refractivity (Wildman–Crippen MR) is 122 cm³/mol. The van der Waals surface area contributed by atoms with Crippen LogP contribution >= 0.6 is 0 Å². The van der Waals surface area contributed by atoms with Gasteiger partial charge in [0.1, 0.15) is 0 Å². The summed E-state index contributed by atoms with van der Waals surface area (Å²) in [5.74, 6) is 0. The minimum Gasteiger partial charge on any atom is -0.663 e. The normalized spacial score (nSPS) is 8.08. The molecular weight excluding hydrogens is 358 g/mol. The van der Waals surface area contributed by atoms with Crippen LogP contribution in [-0.4, -0.2) is 65.4 Å². The molecule has 6 heteroatoms.